The zero-order valence-corrected chi connectivity index (χ0v) is 13.5. The van der Waals surface area contributed by atoms with E-state index < -0.39 is 0 Å². The van der Waals surface area contributed by atoms with Gasteiger partial charge in [0.2, 0.25) is 0 Å². The topological polar surface area (TPSA) is 40.7 Å². The van der Waals surface area contributed by atoms with Gasteiger partial charge in [0.1, 0.15) is 0 Å². The molecule has 0 bridgehead atoms. The molecule has 0 atom stereocenters. The molecular weight excluding hydrogens is 322 g/mol. The molecule has 0 spiro atoms. The van der Waals surface area contributed by atoms with Gasteiger partial charge >= 0.3 is 0 Å². The van der Waals surface area contributed by atoms with E-state index in [0.29, 0.717) is 5.92 Å². The number of halogens is 1. The van der Waals surface area contributed by atoms with Crippen LogP contribution in [-0.2, 0) is 6.54 Å². The summed E-state index contributed by atoms with van der Waals surface area (Å²) >= 11 is 5.25. The van der Waals surface area contributed by atoms with Gasteiger partial charge in [-0.1, -0.05) is 31.7 Å². The number of hydrogen-bond acceptors (Lipinski definition) is 3. The normalized spacial score (nSPS) is 11.2. The third-order valence-corrected chi connectivity index (χ3v) is 4.47. The number of nitrogens with zero attached hydrogens (tertiary/aromatic N) is 1. The average molecular weight is 340 g/mol. The van der Waals surface area contributed by atoms with Crippen molar-refractivity contribution in [1.82, 2.24) is 15.3 Å². The number of rotatable bonds is 6. The first-order valence-corrected chi connectivity index (χ1v) is 7.92. The van der Waals surface area contributed by atoms with Crippen molar-refractivity contribution < 1.29 is 0 Å². The Morgan fingerprint density at radius 2 is 2.26 bits per heavy atom. The quantitative estimate of drug-likeness (QED) is 0.833. The van der Waals surface area contributed by atoms with Crippen molar-refractivity contribution in [3.63, 3.8) is 0 Å². The first kappa shape index (κ1) is 14.6. The molecule has 3 nitrogen and oxygen atoms in total. The number of hydrogen-bond donors (Lipinski definition) is 2. The number of imidazole rings is 1. The molecule has 0 radical (unpaired) electrons. The number of nitrogens with one attached hydrogen (secondary N) is 2. The fourth-order valence-corrected chi connectivity index (χ4v) is 3.06. The van der Waals surface area contributed by atoms with E-state index in [4.69, 9.17) is 0 Å². The minimum atomic E-state index is 0.678. The maximum atomic E-state index is 4.22. The molecule has 0 aliphatic heterocycles. The summed E-state index contributed by atoms with van der Waals surface area (Å²) in [5, 5.41) is 4.36. The second kappa shape index (κ2) is 7.12. The van der Waals surface area contributed by atoms with Gasteiger partial charge in [-0.3, -0.25) is 0 Å². The van der Waals surface area contributed by atoms with Crippen molar-refractivity contribution in [3.05, 3.63) is 40.6 Å². The molecular formula is C14H18BrN3S. The van der Waals surface area contributed by atoms with E-state index in [0.717, 1.165) is 22.7 Å². The van der Waals surface area contributed by atoms with E-state index >= 15 is 0 Å². The van der Waals surface area contributed by atoms with Gasteiger partial charge in [0.25, 0.3) is 0 Å². The van der Waals surface area contributed by atoms with Crippen LogP contribution in [0.4, 0.5) is 0 Å². The summed E-state index contributed by atoms with van der Waals surface area (Å²) in [5.41, 5.74) is 1.29. The van der Waals surface area contributed by atoms with Crippen LogP contribution in [0.15, 0.2) is 45.1 Å². The van der Waals surface area contributed by atoms with Crippen molar-refractivity contribution in [3.8, 4) is 0 Å². The predicted octanol–water partition coefficient (Wildman–Crippen LogP) is 4.07. The highest BCUT2D eigenvalue weighted by Crippen LogP contribution is 2.32. The molecule has 19 heavy (non-hydrogen) atoms. The van der Waals surface area contributed by atoms with Crippen LogP contribution in [0.1, 0.15) is 19.4 Å². The van der Waals surface area contributed by atoms with Gasteiger partial charge in [0.15, 0.2) is 5.16 Å². The third kappa shape index (κ3) is 4.67. The highest BCUT2D eigenvalue weighted by molar-refractivity contribution is 9.10. The lowest BCUT2D eigenvalue weighted by Gasteiger charge is -2.09. The first-order valence-electron chi connectivity index (χ1n) is 6.31. The van der Waals surface area contributed by atoms with Crippen LogP contribution in [0.2, 0.25) is 0 Å². The highest BCUT2D eigenvalue weighted by atomic mass is 79.9. The molecule has 5 heteroatoms. The van der Waals surface area contributed by atoms with Crippen molar-refractivity contribution in [2.45, 2.75) is 30.4 Å². The summed E-state index contributed by atoms with van der Waals surface area (Å²) in [6.07, 6.45) is 3.60. The van der Waals surface area contributed by atoms with E-state index in [-0.39, 0.29) is 0 Å². The fourth-order valence-electron chi connectivity index (χ4n) is 1.65. The molecule has 1 aromatic heterocycles. The van der Waals surface area contributed by atoms with Crippen LogP contribution in [0.25, 0.3) is 0 Å². The zero-order chi connectivity index (χ0) is 13.7. The van der Waals surface area contributed by atoms with Crippen LogP contribution in [-0.4, -0.2) is 16.5 Å². The Labute approximate surface area is 126 Å². The lowest BCUT2D eigenvalue weighted by Crippen LogP contribution is -2.18. The molecule has 0 saturated carbocycles. The monoisotopic (exact) mass is 339 g/mol. The largest absolute Gasteiger partial charge is 0.339 e. The molecule has 0 aliphatic rings. The molecule has 0 amide bonds. The van der Waals surface area contributed by atoms with Crippen LogP contribution in [0, 0.1) is 5.92 Å². The molecule has 102 valence electrons. The third-order valence-electron chi connectivity index (χ3n) is 2.56. The lowest BCUT2D eigenvalue weighted by molar-refractivity contribution is 0.552. The van der Waals surface area contributed by atoms with Crippen molar-refractivity contribution in [1.29, 1.82) is 0 Å². The Kier molecular flexibility index (Phi) is 5.48. The Hall–Kier alpha value is -0.780. The van der Waals surface area contributed by atoms with E-state index in [2.05, 4.69) is 63.3 Å². The number of aromatic nitrogens is 2. The van der Waals surface area contributed by atoms with Gasteiger partial charge in [0, 0.05) is 28.3 Å². The van der Waals surface area contributed by atoms with E-state index in [1.165, 1.54) is 10.5 Å². The van der Waals surface area contributed by atoms with Gasteiger partial charge in [0.05, 0.1) is 0 Å². The molecule has 0 unspecified atom stereocenters. The van der Waals surface area contributed by atoms with Crippen molar-refractivity contribution in [2.75, 3.05) is 6.54 Å². The summed E-state index contributed by atoms with van der Waals surface area (Å²) in [6, 6.07) is 6.45. The van der Waals surface area contributed by atoms with Crippen LogP contribution in [0.5, 0.6) is 0 Å². The first-order chi connectivity index (χ1) is 9.15. The number of aromatic amines is 1. The van der Waals surface area contributed by atoms with E-state index in [1.807, 2.05) is 6.20 Å². The number of benzene rings is 1. The summed E-state index contributed by atoms with van der Waals surface area (Å²) in [5.74, 6) is 0.678. The molecule has 0 aliphatic carbocycles. The van der Waals surface area contributed by atoms with Gasteiger partial charge in [-0.2, -0.15) is 0 Å². The van der Waals surface area contributed by atoms with Crippen LogP contribution in [0.3, 0.4) is 0 Å². The van der Waals surface area contributed by atoms with E-state index in [9.17, 15) is 0 Å². The van der Waals surface area contributed by atoms with Gasteiger partial charge < -0.3 is 10.3 Å². The molecule has 2 rings (SSSR count). The molecule has 2 aromatic rings. The Balaban J connectivity index is 1.97. The molecule has 0 fully saturated rings. The van der Waals surface area contributed by atoms with Gasteiger partial charge in [-0.15, -0.1) is 0 Å². The summed E-state index contributed by atoms with van der Waals surface area (Å²) in [6.45, 7) is 6.38. The smallest absolute Gasteiger partial charge is 0.170 e. The van der Waals surface area contributed by atoms with Gasteiger partial charge in [-0.25, -0.2) is 4.98 Å². The average Bonchev–Trinajstić information content (AvgIpc) is 2.85. The lowest BCUT2D eigenvalue weighted by atomic mass is 10.2. The molecule has 1 aromatic carbocycles. The Morgan fingerprint density at radius 3 is 2.89 bits per heavy atom. The van der Waals surface area contributed by atoms with E-state index in [1.54, 1.807) is 18.0 Å². The van der Waals surface area contributed by atoms with Crippen LogP contribution < -0.4 is 5.32 Å². The Morgan fingerprint density at radius 1 is 1.42 bits per heavy atom. The maximum absolute atomic E-state index is 4.22. The molecule has 0 saturated heterocycles. The second-order valence-electron chi connectivity index (χ2n) is 4.79. The fraction of sp³-hybridized carbons (Fsp3) is 0.357. The summed E-state index contributed by atoms with van der Waals surface area (Å²) in [4.78, 5) is 8.48. The van der Waals surface area contributed by atoms with Gasteiger partial charge in [-0.05, 0) is 46.1 Å². The predicted molar refractivity (Wildman–Crippen MR) is 83.4 cm³/mol. The summed E-state index contributed by atoms with van der Waals surface area (Å²) < 4.78 is 1.11. The minimum Gasteiger partial charge on any atom is -0.339 e. The van der Waals surface area contributed by atoms with Crippen molar-refractivity contribution >= 4 is 27.7 Å². The second-order valence-corrected chi connectivity index (χ2v) is 6.67. The highest BCUT2D eigenvalue weighted by Gasteiger charge is 2.05. The van der Waals surface area contributed by atoms with Crippen molar-refractivity contribution in [2.24, 2.45) is 5.92 Å². The maximum Gasteiger partial charge on any atom is 0.170 e. The zero-order valence-electron chi connectivity index (χ0n) is 11.1. The van der Waals surface area contributed by atoms with Crippen LogP contribution >= 0.6 is 27.7 Å². The number of H-pyrrole nitrogens is 1. The standard InChI is InChI=1S/C14H18BrN3S/c1-10(2)8-16-9-11-3-4-13(12(15)7-11)19-14-17-5-6-18-14/h3-7,10,16H,8-9H2,1-2H3,(H,17,18). The SMILES string of the molecule is CC(C)CNCc1ccc(Sc2ncc[nH]2)c(Br)c1. The minimum absolute atomic E-state index is 0.678. The Bertz CT molecular complexity index is 511. The molecule has 2 N–H and O–H groups in total. The molecule has 1 heterocycles. The summed E-state index contributed by atoms with van der Waals surface area (Å²) in [7, 11) is 0.